The third-order valence-corrected chi connectivity index (χ3v) is 3.61. The molecule has 1 amide bonds. The number of carbonyl (C=O) groups excluding carboxylic acids is 1. The van der Waals surface area contributed by atoms with Crippen molar-refractivity contribution in [3.63, 3.8) is 0 Å². The van der Waals surface area contributed by atoms with E-state index in [-0.39, 0.29) is 0 Å². The fraction of sp³-hybridized carbons (Fsp3) is 0.0556. The monoisotopic (exact) mass is 302 g/mol. The van der Waals surface area contributed by atoms with Crippen LogP contribution in [-0.2, 0) is 0 Å². The predicted molar refractivity (Wildman–Crippen MR) is 89.4 cm³/mol. The average Bonchev–Trinajstić information content (AvgIpc) is 2.55. The van der Waals surface area contributed by atoms with Gasteiger partial charge in [-0.1, -0.05) is 30.3 Å². The number of nitriles is 1. The normalized spacial score (nSPS) is 10.3. The van der Waals surface area contributed by atoms with Crippen LogP contribution in [0.4, 0.5) is 11.5 Å². The minimum absolute atomic E-state index is 0.350. The Labute approximate surface area is 133 Å². The summed E-state index contributed by atoms with van der Waals surface area (Å²) in [5, 5.41) is 13.3. The highest BCUT2D eigenvalue weighted by molar-refractivity contribution is 5.99. The molecule has 0 bridgehead atoms. The van der Waals surface area contributed by atoms with E-state index in [4.69, 9.17) is 5.73 Å². The SMILES string of the molecule is Cc1cccc2cc(C#N)c(Nc3ccccc3C(N)=O)nc12. The molecule has 0 unspecified atom stereocenters. The molecule has 0 atom stereocenters. The molecule has 0 aliphatic rings. The molecule has 3 rings (SSSR count). The largest absolute Gasteiger partial charge is 0.366 e. The van der Waals surface area contributed by atoms with Crippen molar-refractivity contribution in [3.8, 4) is 6.07 Å². The van der Waals surface area contributed by atoms with Crippen molar-refractivity contribution in [2.75, 3.05) is 5.32 Å². The Kier molecular flexibility index (Phi) is 3.65. The number of nitrogens with two attached hydrogens (primary N) is 1. The number of benzene rings is 2. The van der Waals surface area contributed by atoms with Gasteiger partial charge in [0.15, 0.2) is 0 Å². The number of aromatic nitrogens is 1. The van der Waals surface area contributed by atoms with E-state index in [1.54, 1.807) is 30.3 Å². The second-order valence-electron chi connectivity index (χ2n) is 5.18. The number of para-hydroxylation sites is 2. The van der Waals surface area contributed by atoms with E-state index >= 15 is 0 Å². The van der Waals surface area contributed by atoms with E-state index in [9.17, 15) is 10.1 Å². The molecule has 5 heteroatoms. The van der Waals surface area contributed by atoms with Crippen molar-refractivity contribution in [1.29, 1.82) is 5.26 Å². The van der Waals surface area contributed by atoms with Crippen molar-refractivity contribution < 1.29 is 4.79 Å². The molecular formula is C18H14N4O. The first kappa shape index (κ1) is 14.5. The number of carbonyl (C=O) groups is 1. The number of pyridine rings is 1. The van der Waals surface area contributed by atoms with E-state index in [0.29, 0.717) is 22.6 Å². The number of fused-ring (bicyclic) bond motifs is 1. The van der Waals surface area contributed by atoms with Gasteiger partial charge in [-0.3, -0.25) is 4.79 Å². The van der Waals surface area contributed by atoms with Crippen LogP contribution in [0.15, 0.2) is 48.5 Å². The van der Waals surface area contributed by atoms with Crippen LogP contribution in [0, 0.1) is 18.3 Å². The number of amides is 1. The summed E-state index contributed by atoms with van der Waals surface area (Å²) in [6.07, 6.45) is 0. The summed E-state index contributed by atoms with van der Waals surface area (Å²) in [7, 11) is 0. The number of rotatable bonds is 3. The molecule has 0 saturated heterocycles. The van der Waals surface area contributed by atoms with Gasteiger partial charge in [0.2, 0.25) is 0 Å². The lowest BCUT2D eigenvalue weighted by atomic mass is 10.1. The van der Waals surface area contributed by atoms with Crippen molar-refractivity contribution >= 4 is 28.3 Å². The first-order valence-corrected chi connectivity index (χ1v) is 7.06. The Morgan fingerprint density at radius 2 is 2.00 bits per heavy atom. The maximum atomic E-state index is 11.5. The van der Waals surface area contributed by atoms with Crippen LogP contribution >= 0.6 is 0 Å². The Morgan fingerprint density at radius 3 is 2.74 bits per heavy atom. The third kappa shape index (κ3) is 2.70. The molecule has 1 heterocycles. The summed E-state index contributed by atoms with van der Waals surface area (Å²) in [5.74, 6) is -0.133. The van der Waals surface area contributed by atoms with Gasteiger partial charge in [-0.15, -0.1) is 0 Å². The predicted octanol–water partition coefficient (Wildman–Crippen LogP) is 3.26. The average molecular weight is 302 g/mol. The Bertz CT molecular complexity index is 957. The molecular weight excluding hydrogens is 288 g/mol. The maximum Gasteiger partial charge on any atom is 0.250 e. The van der Waals surface area contributed by atoms with Gasteiger partial charge >= 0.3 is 0 Å². The molecule has 0 saturated carbocycles. The standard InChI is InChI=1S/C18H14N4O/c1-11-5-4-6-12-9-13(10-19)18(22-16(11)12)21-15-8-3-2-7-14(15)17(20)23/h2-9H,1H3,(H2,20,23)(H,21,22). The van der Waals surface area contributed by atoms with Crippen LogP contribution in [0.5, 0.6) is 0 Å². The van der Waals surface area contributed by atoms with Crippen LogP contribution in [0.2, 0.25) is 0 Å². The number of hydrogen-bond donors (Lipinski definition) is 2. The number of hydrogen-bond acceptors (Lipinski definition) is 4. The van der Waals surface area contributed by atoms with E-state index in [1.165, 1.54) is 0 Å². The Morgan fingerprint density at radius 1 is 1.22 bits per heavy atom. The van der Waals surface area contributed by atoms with Gasteiger partial charge in [-0.2, -0.15) is 5.26 Å². The number of nitrogens with zero attached hydrogens (tertiary/aromatic N) is 2. The molecule has 0 aliphatic heterocycles. The van der Waals surface area contributed by atoms with Gasteiger partial charge in [0.25, 0.3) is 5.91 Å². The lowest BCUT2D eigenvalue weighted by Gasteiger charge is -2.12. The molecule has 0 spiro atoms. The third-order valence-electron chi connectivity index (χ3n) is 3.61. The van der Waals surface area contributed by atoms with Crippen molar-refractivity contribution in [1.82, 2.24) is 4.98 Å². The zero-order valence-electron chi connectivity index (χ0n) is 12.5. The van der Waals surface area contributed by atoms with Gasteiger partial charge in [0, 0.05) is 5.39 Å². The molecule has 1 aromatic heterocycles. The lowest BCUT2D eigenvalue weighted by Crippen LogP contribution is -2.13. The fourth-order valence-electron chi connectivity index (χ4n) is 2.46. The molecule has 112 valence electrons. The molecule has 5 nitrogen and oxygen atoms in total. The van der Waals surface area contributed by atoms with Crippen LogP contribution in [0.3, 0.4) is 0 Å². The smallest absolute Gasteiger partial charge is 0.250 e. The number of aryl methyl sites for hydroxylation is 1. The van der Waals surface area contributed by atoms with Crippen LogP contribution in [0.25, 0.3) is 10.9 Å². The first-order chi connectivity index (χ1) is 11.1. The van der Waals surface area contributed by atoms with Crippen LogP contribution in [0.1, 0.15) is 21.5 Å². The van der Waals surface area contributed by atoms with E-state index < -0.39 is 5.91 Å². The summed E-state index contributed by atoms with van der Waals surface area (Å²) < 4.78 is 0. The summed E-state index contributed by atoms with van der Waals surface area (Å²) in [4.78, 5) is 16.1. The molecule has 0 radical (unpaired) electrons. The minimum Gasteiger partial charge on any atom is -0.366 e. The second-order valence-corrected chi connectivity index (χ2v) is 5.18. The molecule has 2 aromatic carbocycles. The Hall–Kier alpha value is -3.39. The van der Waals surface area contributed by atoms with Gasteiger partial charge < -0.3 is 11.1 Å². The highest BCUT2D eigenvalue weighted by Crippen LogP contribution is 2.26. The van der Waals surface area contributed by atoms with Crippen molar-refractivity contribution in [2.45, 2.75) is 6.92 Å². The molecule has 23 heavy (non-hydrogen) atoms. The highest BCUT2D eigenvalue weighted by Gasteiger charge is 2.12. The zero-order valence-corrected chi connectivity index (χ0v) is 12.5. The summed E-state index contributed by atoms with van der Waals surface area (Å²) in [5.41, 5.74) is 8.49. The number of primary amides is 1. The lowest BCUT2D eigenvalue weighted by molar-refractivity contribution is 0.100. The van der Waals surface area contributed by atoms with Crippen molar-refractivity contribution in [3.05, 3.63) is 65.2 Å². The van der Waals surface area contributed by atoms with E-state index in [0.717, 1.165) is 16.5 Å². The van der Waals surface area contributed by atoms with Gasteiger partial charge in [-0.05, 0) is 30.7 Å². The summed E-state index contributed by atoms with van der Waals surface area (Å²) in [6.45, 7) is 1.96. The quantitative estimate of drug-likeness (QED) is 0.776. The Balaban J connectivity index is 2.15. The molecule has 3 N–H and O–H groups in total. The zero-order chi connectivity index (χ0) is 16.4. The number of anilines is 2. The molecule has 3 aromatic rings. The first-order valence-electron chi connectivity index (χ1n) is 7.06. The van der Waals surface area contributed by atoms with Gasteiger partial charge in [-0.25, -0.2) is 4.98 Å². The fourth-order valence-corrected chi connectivity index (χ4v) is 2.46. The topological polar surface area (TPSA) is 91.8 Å². The maximum absolute atomic E-state index is 11.5. The summed E-state index contributed by atoms with van der Waals surface area (Å²) >= 11 is 0. The molecule has 0 aliphatic carbocycles. The van der Waals surface area contributed by atoms with Crippen LogP contribution < -0.4 is 11.1 Å². The molecule has 0 fully saturated rings. The highest BCUT2D eigenvalue weighted by atomic mass is 16.1. The van der Waals surface area contributed by atoms with E-state index in [1.807, 2.05) is 25.1 Å². The summed E-state index contributed by atoms with van der Waals surface area (Å²) in [6, 6.07) is 16.6. The minimum atomic E-state index is -0.538. The number of nitrogens with one attached hydrogen (secondary N) is 1. The van der Waals surface area contributed by atoms with E-state index in [2.05, 4.69) is 16.4 Å². The van der Waals surface area contributed by atoms with Crippen LogP contribution in [-0.4, -0.2) is 10.9 Å². The van der Waals surface area contributed by atoms with Gasteiger partial charge in [0.05, 0.1) is 22.3 Å². The second kappa shape index (κ2) is 5.78. The van der Waals surface area contributed by atoms with Crippen molar-refractivity contribution in [2.24, 2.45) is 5.73 Å². The van der Waals surface area contributed by atoms with Gasteiger partial charge in [0.1, 0.15) is 11.9 Å².